The average Bonchev–Trinajstić information content (AvgIpc) is 2.85. The number of halogens is 3. The summed E-state index contributed by atoms with van der Waals surface area (Å²) in [5, 5.41) is 0. The summed E-state index contributed by atoms with van der Waals surface area (Å²) in [4.78, 5) is 0. The third-order valence-electron chi connectivity index (χ3n) is 2.28. The summed E-state index contributed by atoms with van der Waals surface area (Å²) >= 11 is 0. The summed E-state index contributed by atoms with van der Waals surface area (Å²) in [6.07, 6.45) is -4.24. The lowest BCUT2D eigenvalue weighted by molar-refractivity contribution is -0.137. The van der Waals surface area contributed by atoms with E-state index in [-0.39, 0.29) is 6.10 Å². The number of benzene rings is 1. The zero-order chi connectivity index (χ0) is 10.3. The monoisotopic (exact) mass is 202 g/mol. The third kappa shape index (κ3) is 1.75. The molecule has 0 amide bonds. The molecule has 1 aliphatic rings. The van der Waals surface area contributed by atoms with E-state index in [0.717, 1.165) is 17.7 Å². The number of ether oxygens (including phenoxy) is 1. The lowest BCUT2D eigenvalue weighted by Gasteiger charge is -2.09. The van der Waals surface area contributed by atoms with Crippen molar-refractivity contribution in [3.8, 4) is 0 Å². The quantitative estimate of drug-likeness (QED) is 0.637. The third-order valence-corrected chi connectivity index (χ3v) is 2.28. The summed E-state index contributed by atoms with van der Waals surface area (Å²) in [6.45, 7) is 2.29. The van der Waals surface area contributed by atoms with Gasteiger partial charge in [-0.2, -0.15) is 13.2 Å². The van der Waals surface area contributed by atoms with Crippen LogP contribution in [0.5, 0.6) is 0 Å². The number of aryl methyl sites for hydroxylation is 1. The maximum absolute atomic E-state index is 12.3. The SMILES string of the molecule is Cc1cc(C(F)(F)F)ccc1[C@@H]1CO1. The van der Waals surface area contributed by atoms with Gasteiger partial charge in [0.1, 0.15) is 6.10 Å². The minimum atomic E-state index is -4.26. The van der Waals surface area contributed by atoms with Gasteiger partial charge in [-0.3, -0.25) is 0 Å². The van der Waals surface area contributed by atoms with Crippen LogP contribution in [-0.4, -0.2) is 6.61 Å². The van der Waals surface area contributed by atoms with E-state index in [1.165, 1.54) is 6.07 Å². The van der Waals surface area contributed by atoms with Crippen LogP contribution in [0.25, 0.3) is 0 Å². The predicted molar refractivity (Wildman–Crippen MR) is 44.9 cm³/mol. The Labute approximate surface area is 79.5 Å². The number of epoxide rings is 1. The fourth-order valence-corrected chi connectivity index (χ4v) is 1.44. The number of alkyl halides is 3. The van der Waals surface area contributed by atoms with Crippen LogP contribution in [0, 0.1) is 6.92 Å². The second-order valence-electron chi connectivity index (χ2n) is 3.39. The first-order chi connectivity index (χ1) is 6.48. The molecule has 1 saturated heterocycles. The Hall–Kier alpha value is -1.03. The Bertz CT molecular complexity index is 353. The van der Waals surface area contributed by atoms with Crippen LogP contribution in [0.2, 0.25) is 0 Å². The molecule has 4 heteroatoms. The maximum atomic E-state index is 12.3. The highest BCUT2D eigenvalue weighted by Crippen LogP contribution is 2.35. The van der Waals surface area contributed by atoms with Crippen molar-refractivity contribution < 1.29 is 17.9 Å². The predicted octanol–water partition coefficient (Wildman–Crippen LogP) is 3.09. The van der Waals surface area contributed by atoms with E-state index in [1.807, 2.05) is 0 Å². The van der Waals surface area contributed by atoms with Crippen LogP contribution in [0.3, 0.4) is 0 Å². The Balaban J connectivity index is 2.35. The van der Waals surface area contributed by atoms with E-state index in [0.29, 0.717) is 12.2 Å². The molecule has 1 aromatic rings. The van der Waals surface area contributed by atoms with Crippen molar-refractivity contribution in [3.63, 3.8) is 0 Å². The van der Waals surface area contributed by atoms with Gasteiger partial charge in [0.05, 0.1) is 12.2 Å². The highest BCUT2D eigenvalue weighted by molar-refractivity contribution is 5.35. The van der Waals surface area contributed by atoms with Gasteiger partial charge in [0.2, 0.25) is 0 Å². The van der Waals surface area contributed by atoms with Gasteiger partial charge in [-0.15, -0.1) is 0 Å². The van der Waals surface area contributed by atoms with Gasteiger partial charge in [-0.25, -0.2) is 0 Å². The van der Waals surface area contributed by atoms with Crippen LogP contribution in [-0.2, 0) is 10.9 Å². The summed E-state index contributed by atoms with van der Waals surface area (Å²) < 4.78 is 41.9. The molecule has 1 atom stereocenters. The molecule has 0 N–H and O–H groups in total. The second kappa shape index (κ2) is 2.98. The summed E-state index contributed by atoms with van der Waals surface area (Å²) in [6, 6.07) is 3.76. The number of rotatable bonds is 1. The van der Waals surface area contributed by atoms with E-state index < -0.39 is 11.7 Å². The molecular formula is C10H9F3O. The highest BCUT2D eigenvalue weighted by Gasteiger charge is 2.32. The van der Waals surface area contributed by atoms with Crippen molar-refractivity contribution in [2.75, 3.05) is 6.61 Å². The first kappa shape index (κ1) is 9.52. The van der Waals surface area contributed by atoms with Gasteiger partial charge < -0.3 is 4.74 Å². The fourth-order valence-electron chi connectivity index (χ4n) is 1.44. The van der Waals surface area contributed by atoms with E-state index >= 15 is 0 Å². The molecule has 76 valence electrons. The molecule has 1 nitrogen and oxygen atoms in total. The minimum absolute atomic E-state index is 0.0114. The molecule has 1 aromatic carbocycles. The van der Waals surface area contributed by atoms with Crippen molar-refractivity contribution in [2.45, 2.75) is 19.2 Å². The van der Waals surface area contributed by atoms with Crippen molar-refractivity contribution in [2.24, 2.45) is 0 Å². The minimum Gasteiger partial charge on any atom is -0.368 e. The van der Waals surface area contributed by atoms with Gasteiger partial charge >= 0.3 is 6.18 Å². The lowest BCUT2D eigenvalue weighted by atomic mass is 10.0. The van der Waals surface area contributed by atoms with Crippen LogP contribution < -0.4 is 0 Å². The van der Waals surface area contributed by atoms with Crippen LogP contribution >= 0.6 is 0 Å². The fraction of sp³-hybridized carbons (Fsp3) is 0.400. The van der Waals surface area contributed by atoms with Crippen molar-refractivity contribution in [1.29, 1.82) is 0 Å². The standard InChI is InChI=1S/C10H9F3O/c1-6-4-7(10(11,12)13)2-3-8(6)9-5-14-9/h2-4,9H,5H2,1H3/t9-/m0/s1. The molecular weight excluding hydrogens is 193 g/mol. The molecule has 0 saturated carbocycles. The number of hydrogen-bond acceptors (Lipinski definition) is 1. The van der Waals surface area contributed by atoms with Gasteiger partial charge in [0.25, 0.3) is 0 Å². The van der Waals surface area contributed by atoms with Crippen LogP contribution in [0.4, 0.5) is 13.2 Å². The molecule has 0 unspecified atom stereocenters. The van der Waals surface area contributed by atoms with Gasteiger partial charge in [0, 0.05) is 0 Å². The largest absolute Gasteiger partial charge is 0.416 e. The molecule has 14 heavy (non-hydrogen) atoms. The van der Waals surface area contributed by atoms with Crippen LogP contribution in [0.1, 0.15) is 22.8 Å². The van der Waals surface area contributed by atoms with E-state index in [2.05, 4.69) is 0 Å². The topological polar surface area (TPSA) is 12.5 Å². The number of hydrogen-bond donors (Lipinski definition) is 0. The molecule has 0 radical (unpaired) electrons. The summed E-state index contributed by atoms with van der Waals surface area (Å²) in [7, 11) is 0. The van der Waals surface area contributed by atoms with Gasteiger partial charge in [0.15, 0.2) is 0 Å². The first-order valence-corrected chi connectivity index (χ1v) is 4.28. The zero-order valence-electron chi connectivity index (χ0n) is 7.56. The lowest BCUT2D eigenvalue weighted by Crippen LogP contribution is -2.05. The smallest absolute Gasteiger partial charge is 0.368 e. The molecule has 1 heterocycles. The molecule has 2 rings (SSSR count). The maximum Gasteiger partial charge on any atom is 0.416 e. The average molecular weight is 202 g/mol. The van der Waals surface area contributed by atoms with E-state index in [4.69, 9.17) is 4.74 Å². The molecule has 0 aromatic heterocycles. The Morgan fingerprint density at radius 2 is 2.00 bits per heavy atom. The Kier molecular flexibility index (Phi) is 2.03. The van der Waals surface area contributed by atoms with Crippen LogP contribution in [0.15, 0.2) is 18.2 Å². The summed E-state index contributed by atoms with van der Waals surface area (Å²) in [5.41, 5.74) is 0.903. The first-order valence-electron chi connectivity index (χ1n) is 4.28. The normalized spacial score (nSPS) is 21.0. The van der Waals surface area contributed by atoms with Crippen molar-refractivity contribution in [3.05, 3.63) is 34.9 Å². The highest BCUT2D eigenvalue weighted by atomic mass is 19.4. The molecule has 0 spiro atoms. The molecule has 0 aliphatic carbocycles. The van der Waals surface area contributed by atoms with Gasteiger partial charge in [-0.05, 0) is 30.2 Å². The van der Waals surface area contributed by atoms with Crippen molar-refractivity contribution in [1.82, 2.24) is 0 Å². The Morgan fingerprint density at radius 1 is 1.36 bits per heavy atom. The van der Waals surface area contributed by atoms with Gasteiger partial charge in [-0.1, -0.05) is 6.07 Å². The van der Waals surface area contributed by atoms with E-state index in [1.54, 1.807) is 6.92 Å². The Morgan fingerprint density at radius 3 is 2.43 bits per heavy atom. The van der Waals surface area contributed by atoms with E-state index in [9.17, 15) is 13.2 Å². The molecule has 0 bridgehead atoms. The molecule has 1 aliphatic heterocycles. The molecule has 1 fully saturated rings. The zero-order valence-corrected chi connectivity index (χ0v) is 7.56. The second-order valence-corrected chi connectivity index (χ2v) is 3.39. The summed E-state index contributed by atoms with van der Waals surface area (Å²) in [5.74, 6) is 0. The van der Waals surface area contributed by atoms with Crippen molar-refractivity contribution >= 4 is 0 Å².